The smallest absolute Gasteiger partial charge is 0.100 e. The Bertz CT molecular complexity index is 790. The lowest BCUT2D eigenvalue weighted by Gasteiger charge is -2.30. The fraction of sp³-hybridized carbons (Fsp3) is 0.316. The predicted molar refractivity (Wildman–Crippen MR) is 90.5 cm³/mol. The molecular formula is C19H21N3. The summed E-state index contributed by atoms with van der Waals surface area (Å²) >= 11 is 0. The summed E-state index contributed by atoms with van der Waals surface area (Å²) in [7, 11) is 2.22. The molecule has 22 heavy (non-hydrogen) atoms. The molecule has 1 fully saturated rings. The number of rotatable bonds is 2. The Labute approximate surface area is 131 Å². The Kier molecular flexibility index (Phi) is 3.43. The highest BCUT2D eigenvalue weighted by Crippen LogP contribution is 2.28. The molecular weight excluding hydrogens is 270 g/mol. The number of benzene rings is 2. The van der Waals surface area contributed by atoms with Gasteiger partial charge in [-0.15, -0.1) is 0 Å². The zero-order chi connectivity index (χ0) is 14.9. The summed E-state index contributed by atoms with van der Waals surface area (Å²) in [4.78, 5) is 6.94. The van der Waals surface area contributed by atoms with Gasteiger partial charge in [0.25, 0.3) is 0 Å². The quantitative estimate of drug-likeness (QED) is 0.715. The molecule has 0 radical (unpaired) electrons. The maximum atomic E-state index is 4.50. The summed E-state index contributed by atoms with van der Waals surface area (Å²) in [6.45, 7) is 2.39. The number of fused-ring (bicyclic) bond motifs is 1. The van der Waals surface area contributed by atoms with Crippen molar-refractivity contribution < 1.29 is 0 Å². The van der Waals surface area contributed by atoms with E-state index in [0.29, 0.717) is 5.92 Å². The number of hydrogen-bond acceptors (Lipinski definition) is 2. The van der Waals surface area contributed by atoms with Crippen LogP contribution >= 0.6 is 0 Å². The lowest BCUT2D eigenvalue weighted by Crippen LogP contribution is -2.30. The number of imidazole rings is 1. The molecule has 3 heteroatoms. The van der Waals surface area contributed by atoms with Crippen LogP contribution in [-0.4, -0.2) is 34.6 Å². The average Bonchev–Trinajstić information content (AvgIpc) is 2.99. The standard InChI is InChI=1S/C19H21N3/c1-21-11-5-7-16(13-21)15-6-4-8-17(12-15)22-14-20-18-9-2-3-10-19(18)22/h2-4,6,8-10,12,14,16H,5,7,11,13H2,1H3. The van der Waals surface area contributed by atoms with Gasteiger partial charge in [0.05, 0.1) is 11.0 Å². The number of likely N-dealkylation sites (tertiary alicyclic amines) is 1. The minimum atomic E-state index is 0.647. The number of para-hydroxylation sites is 2. The molecule has 1 aliphatic rings. The first-order valence-corrected chi connectivity index (χ1v) is 8.02. The van der Waals surface area contributed by atoms with Crippen LogP contribution in [0.3, 0.4) is 0 Å². The van der Waals surface area contributed by atoms with E-state index in [4.69, 9.17) is 0 Å². The van der Waals surface area contributed by atoms with E-state index in [9.17, 15) is 0 Å². The largest absolute Gasteiger partial charge is 0.306 e. The Hall–Kier alpha value is -2.13. The molecule has 0 amide bonds. The highest BCUT2D eigenvalue weighted by Gasteiger charge is 2.19. The van der Waals surface area contributed by atoms with E-state index in [-0.39, 0.29) is 0 Å². The second kappa shape index (κ2) is 5.58. The summed E-state index contributed by atoms with van der Waals surface area (Å²) in [5.41, 5.74) is 4.87. The van der Waals surface area contributed by atoms with Crippen LogP contribution in [0.2, 0.25) is 0 Å². The van der Waals surface area contributed by atoms with Crippen LogP contribution in [0.1, 0.15) is 24.3 Å². The zero-order valence-corrected chi connectivity index (χ0v) is 12.9. The molecule has 1 atom stereocenters. The maximum absolute atomic E-state index is 4.50. The lowest BCUT2D eigenvalue weighted by molar-refractivity contribution is 0.251. The van der Waals surface area contributed by atoms with Gasteiger partial charge < -0.3 is 4.90 Å². The van der Waals surface area contributed by atoms with Gasteiger partial charge in [0, 0.05) is 12.2 Å². The lowest BCUT2D eigenvalue weighted by atomic mass is 9.90. The van der Waals surface area contributed by atoms with Crippen molar-refractivity contribution in [3.63, 3.8) is 0 Å². The minimum Gasteiger partial charge on any atom is -0.306 e. The first kappa shape index (κ1) is 13.5. The first-order valence-electron chi connectivity index (χ1n) is 8.02. The van der Waals surface area contributed by atoms with Gasteiger partial charge in [0.1, 0.15) is 6.33 Å². The van der Waals surface area contributed by atoms with E-state index in [1.54, 1.807) is 0 Å². The van der Waals surface area contributed by atoms with Gasteiger partial charge in [-0.1, -0.05) is 24.3 Å². The maximum Gasteiger partial charge on any atom is 0.100 e. The number of aromatic nitrogens is 2. The average molecular weight is 291 g/mol. The molecule has 1 saturated heterocycles. The third-order valence-corrected chi connectivity index (χ3v) is 4.70. The molecule has 1 aromatic heterocycles. The summed E-state index contributed by atoms with van der Waals surface area (Å²) in [5, 5.41) is 0. The molecule has 0 aliphatic carbocycles. The van der Waals surface area contributed by atoms with Crippen molar-refractivity contribution in [3.8, 4) is 5.69 Å². The SMILES string of the molecule is CN1CCCC(c2cccc(-n3cnc4ccccc43)c2)C1. The summed E-state index contributed by atoms with van der Waals surface area (Å²) < 4.78 is 2.19. The van der Waals surface area contributed by atoms with Gasteiger partial charge in [-0.3, -0.25) is 4.57 Å². The van der Waals surface area contributed by atoms with Crippen molar-refractivity contribution in [3.05, 3.63) is 60.4 Å². The van der Waals surface area contributed by atoms with Gasteiger partial charge in [0.2, 0.25) is 0 Å². The topological polar surface area (TPSA) is 21.1 Å². The van der Waals surface area contributed by atoms with Gasteiger partial charge in [-0.2, -0.15) is 0 Å². The van der Waals surface area contributed by atoms with Crippen molar-refractivity contribution in [2.45, 2.75) is 18.8 Å². The predicted octanol–water partition coefficient (Wildman–Crippen LogP) is 3.83. The second-order valence-corrected chi connectivity index (χ2v) is 6.30. The molecule has 1 aliphatic heterocycles. The van der Waals surface area contributed by atoms with Crippen molar-refractivity contribution in [1.29, 1.82) is 0 Å². The molecule has 0 bridgehead atoms. The van der Waals surface area contributed by atoms with Crippen molar-refractivity contribution in [2.24, 2.45) is 0 Å². The van der Waals surface area contributed by atoms with Crippen LogP contribution in [-0.2, 0) is 0 Å². The van der Waals surface area contributed by atoms with Crippen LogP contribution in [0.25, 0.3) is 16.7 Å². The molecule has 0 N–H and O–H groups in total. The molecule has 4 rings (SSSR count). The molecule has 3 aromatic rings. The van der Waals surface area contributed by atoms with Crippen molar-refractivity contribution >= 4 is 11.0 Å². The Morgan fingerprint density at radius 3 is 2.91 bits per heavy atom. The van der Waals surface area contributed by atoms with Crippen LogP contribution < -0.4 is 0 Å². The molecule has 112 valence electrons. The highest BCUT2D eigenvalue weighted by molar-refractivity contribution is 5.77. The monoisotopic (exact) mass is 291 g/mol. The summed E-state index contributed by atoms with van der Waals surface area (Å²) in [6.07, 6.45) is 4.51. The summed E-state index contributed by atoms with van der Waals surface area (Å²) in [6, 6.07) is 17.2. The van der Waals surface area contributed by atoms with Gasteiger partial charge in [0.15, 0.2) is 0 Å². The summed E-state index contributed by atoms with van der Waals surface area (Å²) in [5.74, 6) is 0.647. The molecule has 0 spiro atoms. The number of hydrogen-bond donors (Lipinski definition) is 0. The van der Waals surface area contributed by atoms with E-state index in [1.165, 1.54) is 36.2 Å². The Morgan fingerprint density at radius 1 is 1.09 bits per heavy atom. The van der Waals surface area contributed by atoms with E-state index in [2.05, 4.69) is 64.0 Å². The van der Waals surface area contributed by atoms with Crippen LogP contribution in [0.15, 0.2) is 54.9 Å². The van der Waals surface area contributed by atoms with Crippen molar-refractivity contribution in [2.75, 3.05) is 20.1 Å². The molecule has 3 nitrogen and oxygen atoms in total. The third kappa shape index (κ3) is 2.42. The first-order chi connectivity index (χ1) is 10.8. The van der Waals surface area contributed by atoms with E-state index in [1.807, 2.05) is 12.4 Å². The highest BCUT2D eigenvalue weighted by atomic mass is 15.1. The van der Waals surface area contributed by atoms with E-state index < -0.39 is 0 Å². The van der Waals surface area contributed by atoms with Crippen LogP contribution in [0.4, 0.5) is 0 Å². The number of piperidine rings is 1. The zero-order valence-electron chi connectivity index (χ0n) is 12.9. The van der Waals surface area contributed by atoms with Crippen LogP contribution in [0, 0.1) is 0 Å². The van der Waals surface area contributed by atoms with E-state index >= 15 is 0 Å². The number of likely N-dealkylation sites (N-methyl/N-ethyl adjacent to an activating group) is 1. The van der Waals surface area contributed by atoms with Gasteiger partial charge in [-0.05, 0) is 62.2 Å². The minimum absolute atomic E-state index is 0.647. The molecule has 0 saturated carbocycles. The number of nitrogens with zero attached hydrogens (tertiary/aromatic N) is 3. The van der Waals surface area contributed by atoms with Crippen LogP contribution in [0.5, 0.6) is 0 Å². The van der Waals surface area contributed by atoms with Gasteiger partial charge >= 0.3 is 0 Å². The van der Waals surface area contributed by atoms with E-state index in [0.717, 1.165) is 12.1 Å². The normalized spacial score (nSPS) is 19.6. The Balaban J connectivity index is 1.72. The molecule has 1 unspecified atom stereocenters. The fourth-order valence-corrected chi connectivity index (χ4v) is 3.53. The fourth-order valence-electron chi connectivity index (χ4n) is 3.53. The van der Waals surface area contributed by atoms with Crippen molar-refractivity contribution in [1.82, 2.24) is 14.5 Å². The molecule has 2 heterocycles. The molecule has 2 aromatic carbocycles. The van der Waals surface area contributed by atoms with Gasteiger partial charge in [-0.25, -0.2) is 4.98 Å². The second-order valence-electron chi connectivity index (χ2n) is 6.30. The Morgan fingerprint density at radius 2 is 2.00 bits per heavy atom. The third-order valence-electron chi connectivity index (χ3n) is 4.70.